The Labute approximate surface area is 231 Å². The van der Waals surface area contributed by atoms with Crippen LogP contribution in [-0.2, 0) is 20.8 Å². The number of imidazole rings is 1. The number of rotatable bonds is 9. The number of benzene rings is 2. The van der Waals surface area contributed by atoms with Gasteiger partial charge in [-0.3, -0.25) is 5.32 Å². The molecule has 1 atom stereocenters. The number of methoxy groups -OCH3 is 1. The quantitative estimate of drug-likeness (QED) is 0.244. The molecule has 0 saturated heterocycles. The number of halogens is 1. The normalized spacial score (nSPS) is 11.7. The monoisotopic (exact) mass is 557 g/mol. The first kappa shape index (κ1) is 29.3. The van der Waals surface area contributed by atoms with Gasteiger partial charge in [0.25, 0.3) is 0 Å². The molecule has 39 heavy (non-hydrogen) atoms. The fourth-order valence-corrected chi connectivity index (χ4v) is 3.68. The molecular formula is C27H32ClN5O6. The van der Waals surface area contributed by atoms with Gasteiger partial charge in [0.2, 0.25) is 0 Å². The molecule has 0 aliphatic carbocycles. The molecule has 208 valence electrons. The number of carbonyl (C=O) groups is 3. The van der Waals surface area contributed by atoms with E-state index in [1.165, 1.54) is 7.11 Å². The second-order valence-corrected chi connectivity index (χ2v) is 9.82. The number of carbonyl (C=O) groups excluding carboxylic acids is 3. The summed E-state index contributed by atoms with van der Waals surface area (Å²) in [4.78, 5) is 43.7. The molecule has 1 aromatic heterocycles. The Morgan fingerprint density at radius 3 is 2.33 bits per heavy atom. The number of ether oxygens (including phenoxy) is 3. The van der Waals surface area contributed by atoms with Crippen LogP contribution in [0.3, 0.4) is 0 Å². The Bertz CT molecular complexity index is 1260. The molecule has 0 spiro atoms. The van der Waals surface area contributed by atoms with Crippen LogP contribution in [0.15, 0.2) is 54.6 Å². The van der Waals surface area contributed by atoms with E-state index in [9.17, 15) is 14.4 Å². The maximum absolute atomic E-state index is 12.6. The SMILES string of the molecule is COC(=O)Nc1ccc(-c2[nH]c(C(CCNC(=O)OC(C)(C)C)NC(=O)OCc3ccccc3)nc2Cl)cc1. The Hall–Kier alpha value is -4.25. The summed E-state index contributed by atoms with van der Waals surface area (Å²) < 4.78 is 15.2. The molecule has 0 aliphatic heterocycles. The molecule has 0 saturated carbocycles. The van der Waals surface area contributed by atoms with Gasteiger partial charge in [0, 0.05) is 17.8 Å². The summed E-state index contributed by atoms with van der Waals surface area (Å²) in [6.07, 6.45) is -1.55. The number of alkyl carbamates (subject to hydrolysis) is 2. The summed E-state index contributed by atoms with van der Waals surface area (Å²) in [7, 11) is 1.28. The highest BCUT2D eigenvalue weighted by atomic mass is 35.5. The molecule has 2 aromatic carbocycles. The van der Waals surface area contributed by atoms with Crippen molar-refractivity contribution in [3.05, 3.63) is 71.1 Å². The van der Waals surface area contributed by atoms with Crippen molar-refractivity contribution < 1.29 is 28.6 Å². The lowest BCUT2D eigenvalue weighted by Gasteiger charge is -2.21. The first-order valence-corrected chi connectivity index (χ1v) is 12.6. The van der Waals surface area contributed by atoms with Gasteiger partial charge in [0.15, 0.2) is 5.15 Å². The molecular weight excluding hydrogens is 526 g/mol. The average Bonchev–Trinajstić information content (AvgIpc) is 3.28. The molecule has 1 heterocycles. The van der Waals surface area contributed by atoms with Crippen LogP contribution in [0, 0.1) is 0 Å². The standard InChI is InChI=1S/C27H32ClN5O6/c1-27(2,3)39-24(34)29-15-14-20(31-26(36)38-16-17-8-6-5-7-9-17)23-32-21(22(28)33-23)18-10-12-19(13-11-18)30-25(35)37-4/h5-13,20H,14-16H2,1-4H3,(H,29,34)(H,30,35)(H,31,36)(H,32,33). The molecule has 12 heteroatoms. The van der Waals surface area contributed by atoms with Crippen LogP contribution >= 0.6 is 11.6 Å². The van der Waals surface area contributed by atoms with Crippen LogP contribution in [0.5, 0.6) is 0 Å². The molecule has 1 unspecified atom stereocenters. The summed E-state index contributed by atoms with van der Waals surface area (Å²) in [5.74, 6) is 0.370. The number of aromatic nitrogens is 2. The van der Waals surface area contributed by atoms with E-state index >= 15 is 0 Å². The van der Waals surface area contributed by atoms with Gasteiger partial charge >= 0.3 is 18.3 Å². The smallest absolute Gasteiger partial charge is 0.411 e. The highest BCUT2D eigenvalue weighted by Gasteiger charge is 2.23. The minimum absolute atomic E-state index is 0.0890. The second-order valence-electron chi connectivity index (χ2n) is 9.46. The van der Waals surface area contributed by atoms with E-state index in [4.69, 9.17) is 21.1 Å². The predicted molar refractivity (Wildman–Crippen MR) is 146 cm³/mol. The topological polar surface area (TPSA) is 144 Å². The van der Waals surface area contributed by atoms with Gasteiger partial charge in [-0.15, -0.1) is 0 Å². The van der Waals surface area contributed by atoms with Crippen molar-refractivity contribution in [2.45, 2.75) is 45.4 Å². The summed E-state index contributed by atoms with van der Waals surface area (Å²) in [5.41, 5.74) is 1.95. The number of H-pyrrole nitrogens is 1. The number of amides is 3. The van der Waals surface area contributed by atoms with Crippen LogP contribution in [0.2, 0.25) is 5.15 Å². The second kappa shape index (κ2) is 13.5. The molecule has 3 amide bonds. The Morgan fingerprint density at radius 1 is 1.00 bits per heavy atom. The van der Waals surface area contributed by atoms with Crippen LogP contribution in [-0.4, -0.2) is 47.5 Å². The Morgan fingerprint density at radius 2 is 1.69 bits per heavy atom. The van der Waals surface area contributed by atoms with Crippen molar-refractivity contribution in [2.75, 3.05) is 19.0 Å². The van der Waals surface area contributed by atoms with Gasteiger partial charge in [-0.2, -0.15) is 0 Å². The lowest BCUT2D eigenvalue weighted by molar-refractivity contribution is 0.0525. The summed E-state index contributed by atoms with van der Waals surface area (Å²) in [6, 6.07) is 15.5. The molecule has 0 aliphatic rings. The number of nitrogens with one attached hydrogen (secondary N) is 4. The van der Waals surface area contributed by atoms with E-state index in [1.807, 2.05) is 30.3 Å². The van der Waals surface area contributed by atoms with Crippen molar-refractivity contribution in [1.82, 2.24) is 20.6 Å². The largest absolute Gasteiger partial charge is 0.453 e. The summed E-state index contributed by atoms with van der Waals surface area (Å²) in [6.45, 7) is 5.57. The van der Waals surface area contributed by atoms with Crippen molar-refractivity contribution in [2.24, 2.45) is 0 Å². The van der Waals surface area contributed by atoms with Crippen molar-refractivity contribution >= 4 is 35.6 Å². The van der Waals surface area contributed by atoms with Gasteiger partial charge in [-0.05, 0) is 44.9 Å². The van der Waals surface area contributed by atoms with Crippen LogP contribution in [0.4, 0.5) is 20.1 Å². The van der Waals surface area contributed by atoms with Crippen molar-refractivity contribution in [3.8, 4) is 11.3 Å². The van der Waals surface area contributed by atoms with E-state index in [0.717, 1.165) is 5.56 Å². The Balaban J connectivity index is 1.73. The summed E-state index contributed by atoms with van der Waals surface area (Å²) >= 11 is 6.44. The Kier molecular flexibility index (Phi) is 10.2. The zero-order valence-electron chi connectivity index (χ0n) is 22.2. The first-order chi connectivity index (χ1) is 18.5. The van der Waals surface area contributed by atoms with E-state index < -0.39 is 29.9 Å². The van der Waals surface area contributed by atoms with Gasteiger partial charge in [-0.1, -0.05) is 54.1 Å². The predicted octanol–water partition coefficient (Wildman–Crippen LogP) is 5.79. The van der Waals surface area contributed by atoms with Crippen LogP contribution in [0.25, 0.3) is 11.3 Å². The van der Waals surface area contributed by atoms with E-state index in [1.54, 1.807) is 45.0 Å². The van der Waals surface area contributed by atoms with Gasteiger partial charge < -0.3 is 29.8 Å². The van der Waals surface area contributed by atoms with E-state index in [0.29, 0.717) is 22.8 Å². The first-order valence-electron chi connectivity index (χ1n) is 12.2. The number of hydrogen-bond donors (Lipinski definition) is 4. The zero-order valence-corrected chi connectivity index (χ0v) is 22.9. The average molecular weight is 558 g/mol. The molecule has 0 fully saturated rings. The van der Waals surface area contributed by atoms with Gasteiger partial charge in [-0.25, -0.2) is 19.4 Å². The lowest BCUT2D eigenvalue weighted by Crippen LogP contribution is -2.36. The number of anilines is 1. The van der Waals surface area contributed by atoms with E-state index in [-0.39, 0.29) is 24.7 Å². The third-order valence-corrected chi connectivity index (χ3v) is 5.49. The maximum atomic E-state index is 12.6. The third-order valence-electron chi connectivity index (χ3n) is 5.22. The number of hydrogen-bond acceptors (Lipinski definition) is 7. The fourth-order valence-electron chi connectivity index (χ4n) is 3.43. The highest BCUT2D eigenvalue weighted by molar-refractivity contribution is 6.31. The molecule has 0 bridgehead atoms. The lowest BCUT2D eigenvalue weighted by atomic mass is 10.1. The fraction of sp³-hybridized carbons (Fsp3) is 0.333. The molecule has 4 N–H and O–H groups in total. The third kappa shape index (κ3) is 9.53. The van der Waals surface area contributed by atoms with Crippen LogP contribution in [0.1, 0.15) is 44.6 Å². The molecule has 3 aromatic rings. The van der Waals surface area contributed by atoms with Gasteiger partial charge in [0.1, 0.15) is 18.0 Å². The zero-order chi connectivity index (χ0) is 28.4. The minimum Gasteiger partial charge on any atom is -0.453 e. The number of nitrogens with zero attached hydrogens (tertiary/aromatic N) is 1. The molecule has 11 nitrogen and oxygen atoms in total. The molecule has 0 radical (unpaired) electrons. The van der Waals surface area contributed by atoms with Gasteiger partial charge in [0.05, 0.1) is 18.8 Å². The summed E-state index contributed by atoms with van der Waals surface area (Å²) in [5, 5.41) is 8.22. The maximum Gasteiger partial charge on any atom is 0.411 e. The highest BCUT2D eigenvalue weighted by Crippen LogP contribution is 2.29. The van der Waals surface area contributed by atoms with Crippen molar-refractivity contribution in [1.29, 1.82) is 0 Å². The van der Waals surface area contributed by atoms with E-state index in [2.05, 4.69) is 30.7 Å². The van der Waals surface area contributed by atoms with Crippen LogP contribution < -0.4 is 16.0 Å². The minimum atomic E-state index is -0.672. The van der Waals surface area contributed by atoms with Crippen molar-refractivity contribution in [3.63, 3.8) is 0 Å². The molecule has 3 rings (SSSR count). The number of aromatic amines is 1.